The number of hydrogen-bond donors (Lipinski definition) is 2. The number of carbonyl (C=O) groups is 1. The Morgan fingerprint density at radius 2 is 2.04 bits per heavy atom. The summed E-state index contributed by atoms with van der Waals surface area (Å²) < 4.78 is 5.27. The summed E-state index contributed by atoms with van der Waals surface area (Å²) in [5.41, 5.74) is 1.83. The lowest BCUT2D eigenvalue weighted by molar-refractivity contribution is 0.102. The second-order valence-electron chi connectivity index (χ2n) is 5.54. The lowest BCUT2D eigenvalue weighted by Gasteiger charge is -2.09. The zero-order valence-electron chi connectivity index (χ0n) is 13.8. The van der Waals surface area contributed by atoms with Crippen LogP contribution in [0.3, 0.4) is 0 Å². The first-order valence-electron chi connectivity index (χ1n) is 7.71. The van der Waals surface area contributed by atoms with Gasteiger partial charge in [-0.2, -0.15) is 0 Å². The Bertz CT molecular complexity index is 894. The van der Waals surface area contributed by atoms with E-state index in [4.69, 9.17) is 16.0 Å². The largest absolute Gasteiger partial charge is 0.467 e. The van der Waals surface area contributed by atoms with Gasteiger partial charge in [0.25, 0.3) is 5.91 Å². The van der Waals surface area contributed by atoms with Crippen LogP contribution < -0.4 is 10.6 Å². The standard InChI is InChI=1S/C18H17ClN4O2/c1-11-5-6-13(8-15(11)19)23-18(24)16-9-17(22-12(2)21-16)20-10-14-4-3-7-25-14/h3-9H,10H2,1-2H3,(H,23,24)(H,20,21,22). The van der Waals surface area contributed by atoms with Crippen molar-refractivity contribution in [2.24, 2.45) is 0 Å². The van der Waals surface area contributed by atoms with Crippen molar-refractivity contribution in [3.63, 3.8) is 0 Å². The van der Waals surface area contributed by atoms with Crippen LogP contribution in [0, 0.1) is 13.8 Å². The second kappa shape index (κ2) is 7.36. The molecule has 0 aliphatic carbocycles. The zero-order valence-corrected chi connectivity index (χ0v) is 14.6. The van der Waals surface area contributed by atoms with Crippen LogP contribution in [0.2, 0.25) is 5.02 Å². The summed E-state index contributed by atoms with van der Waals surface area (Å²) in [6.45, 7) is 4.11. The maximum atomic E-state index is 12.5. The van der Waals surface area contributed by atoms with Crippen LogP contribution in [-0.4, -0.2) is 15.9 Å². The first kappa shape index (κ1) is 17.0. The highest BCUT2D eigenvalue weighted by Crippen LogP contribution is 2.20. The molecule has 7 heteroatoms. The molecule has 0 unspecified atom stereocenters. The summed E-state index contributed by atoms with van der Waals surface area (Å²) in [4.78, 5) is 20.9. The number of benzene rings is 1. The number of aryl methyl sites for hydroxylation is 2. The van der Waals surface area contributed by atoms with E-state index in [0.717, 1.165) is 11.3 Å². The monoisotopic (exact) mass is 356 g/mol. The molecule has 0 aliphatic heterocycles. The molecule has 0 spiro atoms. The number of nitrogens with one attached hydrogen (secondary N) is 2. The third-order valence-corrected chi connectivity index (χ3v) is 3.93. The minimum absolute atomic E-state index is 0.270. The summed E-state index contributed by atoms with van der Waals surface area (Å²) in [6, 6.07) is 10.6. The topological polar surface area (TPSA) is 80.0 Å². The quantitative estimate of drug-likeness (QED) is 0.716. The molecule has 2 aromatic heterocycles. The van der Waals surface area contributed by atoms with Crippen LogP contribution in [0.25, 0.3) is 0 Å². The van der Waals surface area contributed by atoms with Crippen molar-refractivity contribution in [1.29, 1.82) is 0 Å². The molecule has 6 nitrogen and oxygen atoms in total. The van der Waals surface area contributed by atoms with E-state index in [2.05, 4.69) is 20.6 Å². The fourth-order valence-electron chi connectivity index (χ4n) is 2.23. The van der Waals surface area contributed by atoms with Crippen molar-refractivity contribution in [3.05, 3.63) is 70.5 Å². The highest BCUT2D eigenvalue weighted by molar-refractivity contribution is 6.31. The highest BCUT2D eigenvalue weighted by Gasteiger charge is 2.12. The van der Waals surface area contributed by atoms with Crippen molar-refractivity contribution in [3.8, 4) is 0 Å². The molecule has 0 saturated heterocycles. The SMILES string of the molecule is Cc1nc(NCc2ccco2)cc(C(=O)Nc2ccc(C)c(Cl)c2)n1. The summed E-state index contributed by atoms with van der Waals surface area (Å²) in [5.74, 6) is 1.50. The fourth-order valence-corrected chi connectivity index (χ4v) is 2.41. The van der Waals surface area contributed by atoms with E-state index in [9.17, 15) is 4.79 Å². The van der Waals surface area contributed by atoms with Crippen LogP contribution in [0.1, 0.15) is 27.6 Å². The molecule has 0 saturated carbocycles. The Labute approximate surface area is 150 Å². The van der Waals surface area contributed by atoms with Gasteiger partial charge in [0.1, 0.15) is 23.1 Å². The van der Waals surface area contributed by atoms with Gasteiger partial charge in [-0.15, -0.1) is 0 Å². The second-order valence-corrected chi connectivity index (χ2v) is 5.94. The minimum Gasteiger partial charge on any atom is -0.467 e. The van der Waals surface area contributed by atoms with Gasteiger partial charge < -0.3 is 15.1 Å². The predicted molar refractivity (Wildman–Crippen MR) is 96.9 cm³/mol. The van der Waals surface area contributed by atoms with Crippen LogP contribution in [0.15, 0.2) is 47.1 Å². The molecule has 25 heavy (non-hydrogen) atoms. The van der Waals surface area contributed by atoms with Gasteiger partial charge in [0, 0.05) is 16.8 Å². The molecule has 0 radical (unpaired) electrons. The summed E-state index contributed by atoms with van der Waals surface area (Å²) in [7, 11) is 0. The van der Waals surface area contributed by atoms with Gasteiger partial charge in [-0.1, -0.05) is 17.7 Å². The molecule has 0 fully saturated rings. The molecule has 3 aromatic rings. The molecular formula is C18H17ClN4O2. The molecule has 0 aliphatic rings. The maximum Gasteiger partial charge on any atom is 0.274 e. The van der Waals surface area contributed by atoms with Crippen molar-refractivity contribution >= 4 is 29.0 Å². The number of carbonyl (C=O) groups excluding carboxylic acids is 1. The van der Waals surface area contributed by atoms with Crippen molar-refractivity contribution in [2.75, 3.05) is 10.6 Å². The first-order chi connectivity index (χ1) is 12.0. The van der Waals surface area contributed by atoms with E-state index in [1.165, 1.54) is 0 Å². The molecule has 1 aromatic carbocycles. The number of amides is 1. The molecule has 3 rings (SSSR count). The average molecular weight is 357 g/mol. The number of nitrogens with zero attached hydrogens (tertiary/aromatic N) is 2. The van der Waals surface area contributed by atoms with Gasteiger partial charge in [0.05, 0.1) is 12.8 Å². The molecular weight excluding hydrogens is 340 g/mol. The fraction of sp³-hybridized carbons (Fsp3) is 0.167. The van der Waals surface area contributed by atoms with Crippen LogP contribution >= 0.6 is 11.6 Å². The van der Waals surface area contributed by atoms with Crippen molar-refractivity contribution < 1.29 is 9.21 Å². The smallest absolute Gasteiger partial charge is 0.274 e. The Hall–Kier alpha value is -2.86. The Morgan fingerprint density at radius 1 is 1.20 bits per heavy atom. The van der Waals surface area contributed by atoms with Gasteiger partial charge in [-0.05, 0) is 43.7 Å². The third-order valence-electron chi connectivity index (χ3n) is 3.52. The normalized spacial score (nSPS) is 10.5. The van der Waals surface area contributed by atoms with Gasteiger partial charge in [-0.25, -0.2) is 9.97 Å². The maximum absolute atomic E-state index is 12.5. The number of hydrogen-bond acceptors (Lipinski definition) is 5. The Morgan fingerprint density at radius 3 is 2.76 bits per heavy atom. The van der Waals surface area contributed by atoms with E-state index in [-0.39, 0.29) is 11.6 Å². The van der Waals surface area contributed by atoms with Crippen molar-refractivity contribution in [1.82, 2.24) is 9.97 Å². The average Bonchev–Trinajstić information content (AvgIpc) is 3.09. The lowest BCUT2D eigenvalue weighted by Crippen LogP contribution is -2.16. The molecule has 1 amide bonds. The minimum atomic E-state index is -0.327. The molecule has 128 valence electrons. The van der Waals surface area contributed by atoms with Crippen LogP contribution in [0.5, 0.6) is 0 Å². The van der Waals surface area contributed by atoms with E-state index in [1.807, 2.05) is 25.1 Å². The first-order valence-corrected chi connectivity index (χ1v) is 8.08. The summed E-state index contributed by atoms with van der Waals surface area (Å²) >= 11 is 6.09. The van der Waals surface area contributed by atoms with Crippen molar-refractivity contribution in [2.45, 2.75) is 20.4 Å². The van der Waals surface area contributed by atoms with Gasteiger partial charge in [0.15, 0.2) is 0 Å². The molecule has 2 N–H and O–H groups in total. The molecule has 2 heterocycles. The van der Waals surface area contributed by atoms with Crippen LogP contribution in [-0.2, 0) is 6.54 Å². The number of anilines is 2. The van der Waals surface area contributed by atoms with Crippen LogP contribution in [0.4, 0.5) is 11.5 Å². The van der Waals surface area contributed by atoms with E-state index < -0.39 is 0 Å². The summed E-state index contributed by atoms with van der Waals surface area (Å²) in [5, 5.41) is 6.50. The van der Waals surface area contributed by atoms with E-state index in [1.54, 1.807) is 31.4 Å². The van der Waals surface area contributed by atoms with E-state index >= 15 is 0 Å². The van der Waals surface area contributed by atoms with Gasteiger partial charge in [0.2, 0.25) is 0 Å². The van der Waals surface area contributed by atoms with E-state index in [0.29, 0.717) is 28.9 Å². The Kier molecular flexibility index (Phi) is 5.00. The predicted octanol–water partition coefficient (Wildman–Crippen LogP) is 4.20. The number of halogens is 1. The number of furan rings is 1. The molecule has 0 bridgehead atoms. The Balaban J connectivity index is 1.74. The third kappa shape index (κ3) is 4.36. The lowest BCUT2D eigenvalue weighted by atomic mass is 10.2. The highest BCUT2D eigenvalue weighted by atomic mass is 35.5. The molecule has 0 atom stereocenters. The summed E-state index contributed by atoms with van der Waals surface area (Å²) in [6.07, 6.45) is 1.60. The van der Waals surface area contributed by atoms with Gasteiger partial charge in [-0.3, -0.25) is 4.79 Å². The van der Waals surface area contributed by atoms with Gasteiger partial charge >= 0.3 is 0 Å². The number of aromatic nitrogens is 2. The number of rotatable bonds is 5. The zero-order chi connectivity index (χ0) is 17.8.